The Morgan fingerprint density at radius 3 is 2.39 bits per heavy atom. The van der Waals surface area contributed by atoms with Crippen LogP contribution in [-0.4, -0.2) is 42.5 Å². The highest BCUT2D eigenvalue weighted by Gasteiger charge is 2.52. The molecule has 0 saturated carbocycles. The van der Waals surface area contributed by atoms with Crippen LogP contribution in [0.25, 0.3) is 0 Å². The first-order valence-corrected chi connectivity index (χ1v) is 8.80. The third kappa shape index (κ3) is 3.99. The summed E-state index contributed by atoms with van der Waals surface area (Å²) in [6.45, 7) is 8.41. The van der Waals surface area contributed by atoms with Gasteiger partial charge in [-0.25, -0.2) is 0 Å². The van der Waals surface area contributed by atoms with Crippen molar-refractivity contribution in [3.05, 3.63) is 23.8 Å². The smallest absolute Gasteiger partial charge is 0.468 e. The molecule has 2 rings (SSSR count). The zero-order chi connectivity index (χ0) is 17.1. The average Bonchev–Trinajstić information content (AvgIpc) is 2.71. The van der Waals surface area contributed by atoms with Crippen LogP contribution >= 0.6 is 0 Å². The molecule has 0 spiro atoms. The van der Waals surface area contributed by atoms with Crippen LogP contribution in [0.2, 0.25) is 0 Å². The molecule has 0 unspecified atom stereocenters. The zero-order valence-electron chi connectivity index (χ0n) is 14.9. The molecule has 1 aromatic carbocycles. The molecule has 6 heteroatoms. The van der Waals surface area contributed by atoms with Crippen molar-refractivity contribution in [3.8, 4) is 17.2 Å². The first-order valence-electron chi connectivity index (χ1n) is 7.80. The third-order valence-electron chi connectivity index (χ3n) is 4.42. The predicted molar refractivity (Wildman–Crippen MR) is 96.1 cm³/mol. The number of hydrogen-bond acceptors (Lipinski definition) is 4. The minimum absolute atomic E-state index is 0.211. The lowest BCUT2D eigenvalue weighted by Crippen LogP contribution is -2.41. The molecule has 0 aromatic heterocycles. The summed E-state index contributed by atoms with van der Waals surface area (Å²) in [5, 5.41) is 0. The predicted octanol–water partition coefficient (Wildman–Crippen LogP) is 0.837. The van der Waals surface area contributed by atoms with Gasteiger partial charge in [-0.15, -0.1) is 11.5 Å². The Kier molecular flexibility index (Phi) is 5.58. The Morgan fingerprint density at radius 1 is 1.17 bits per heavy atom. The van der Waals surface area contributed by atoms with E-state index in [0.717, 1.165) is 27.0 Å². The number of hydrogen-bond donors (Lipinski definition) is 0. The standard InChI is InChI=1S/C17H25BO4Si/c1-16(2)17(3,4)22-18(21-16)15-11-14(20-12-19-5)9-8-13(15)7-6-10-23/h8-9,11H,7,12H2,1-5,23H3. The van der Waals surface area contributed by atoms with Gasteiger partial charge in [-0.1, -0.05) is 6.07 Å². The quantitative estimate of drug-likeness (QED) is 0.455. The lowest BCUT2D eigenvalue weighted by atomic mass is 9.75. The molecule has 1 aliphatic heterocycles. The largest absolute Gasteiger partial charge is 0.495 e. The van der Waals surface area contributed by atoms with Gasteiger partial charge in [-0.2, -0.15) is 0 Å². The lowest BCUT2D eigenvalue weighted by molar-refractivity contribution is 0.00578. The van der Waals surface area contributed by atoms with Crippen molar-refractivity contribution in [2.45, 2.75) is 45.3 Å². The van der Waals surface area contributed by atoms with Crippen LogP contribution in [0.15, 0.2) is 18.2 Å². The van der Waals surface area contributed by atoms with E-state index in [9.17, 15) is 0 Å². The number of rotatable bonds is 5. The topological polar surface area (TPSA) is 36.9 Å². The maximum Gasteiger partial charge on any atom is 0.495 e. The van der Waals surface area contributed by atoms with E-state index in [1.807, 2.05) is 18.2 Å². The van der Waals surface area contributed by atoms with Crippen LogP contribution in [0, 0.1) is 11.5 Å². The van der Waals surface area contributed by atoms with Gasteiger partial charge in [0.15, 0.2) is 6.79 Å². The van der Waals surface area contributed by atoms with Crippen LogP contribution in [0.3, 0.4) is 0 Å². The highest BCUT2D eigenvalue weighted by Crippen LogP contribution is 2.37. The van der Waals surface area contributed by atoms with Gasteiger partial charge in [0.05, 0.1) is 21.4 Å². The Balaban J connectivity index is 2.35. The van der Waals surface area contributed by atoms with Crippen molar-refractivity contribution < 1.29 is 18.8 Å². The van der Waals surface area contributed by atoms with E-state index in [1.54, 1.807) is 7.11 Å². The summed E-state index contributed by atoms with van der Waals surface area (Å²) in [4.78, 5) is 0. The minimum Gasteiger partial charge on any atom is -0.468 e. The summed E-state index contributed by atoms with van der Waals surface area (Å²) >= 11 is 0. The van der Waals surface area contributed by atoms with Crippen molar-refractivity contribution in [3.63, 3.8) is 0 Å². The normalized spacial score (nSPS) is 18.6. The maximum absolute atomic E-state index is 6.18. The lowest BCUT2D eigenvalue weighted by Gasteiger charge is -2.32. The van der Waals surface area contributed by atoms with Crippen LogP contribution in [-0.2, 0) is 20.5 Å². The minimum atomic E-state index is -0.419. The monoisotopic (exact) mass is 332 g/mol. The summed E-state index contributed by atoms with van der Waals surface area (Å²) in [5.41, 5.74) is 4.41. The molecule has 4 nitrogen and oxygen atoms in total. The van der Waals surface area contributed by atoms with Gasteiger partial charge in [0.1, 0.15) is 5.75 Å². The van der Waals surface area contributed by atoms with Crippen LogP contribution in [0.5, 0.6) is 5.75 Å². The van der Waals surface area contributed by atoms with E-state index in [0.29, 0.717) is 6.42 Å². The first-order chi connectivity index (χ1) is 10.8. The van der Waals surface area contributed by atoms with E-state index in [-0.39, 0.29) is 18.0 Å². The Bertz CT molecular complexity index is 603. The molecule has 124 valence electrons. The van der Waals surface area contributed by atoms with Gasteiger partial charge in [0.2, 0.25) is 0 Å². The molecule has 0 atom stereocenters. The molecule has 1 aromatic rings. The third-order valence-corrected chi connectivity index (χ3v) is 4.78. The van der Waals surface area contributed by atoms with E-state index in [1.165, 1.54) is 0 Å². The molecule has 0 aliphatic carbocycles. The van der Waals surface area contributed by atoms with E-state index >= 15 is 0 Å². The Hall–Kier alpha value is -1.26. The molecule has 1 aliphatic rings. The molecule has 1 saturated heterocycles. The van der Waals surface area contributed by atoms with E-state index < -0.39 is 7.12 Å². The molecule has 23 heavy (non-hydrogen) atoms. The van der Waals surface area contributed by atoms with Crippen molar-refractivity contribution in [2.75, 3.05) is 13.9 Å². The van der Waals surface area contributed by atoms with Crippen molar-refractivity contribution >= 4 is 22.8 Å². The number of ether oxygens (including phenoxy) is 2. The SMILES string of the molecule is COCOc1ccc(CC#C[SiH3])c(B2OC(C)(C)C(C)(C)O2)c1. The summed E-state index contributed by atoms with van der Waals surface area (Å²) in [7, 11) is 2.06. The molecular weight excluding hydrogens is 307 g/mol. The van der Waals surface area contributed by atoms with Crippen LogP contribution < -0.4 is 10.2 Å². The van der Waals surface area contributed by atoms with Gasteiger partial charge in [0, 0.05) is 13.5 Å². The van der Waals surface area contributed by atoms with Crippen LogP contribution in [0.4, 0.5) is 0 Å². The van der Waals surface area contributed by atoms with Gasteiger partial charge in [-0.05, 0) is 50.9 Å². The van der Waals surface area contributed by atoms with Crippen LogP contribution in [0.1, 0.15) is 33.3 Å². The molecule has 0 radical (unpaired) electrons. The van der Waals surface area contributed by atoms with Gasteiger partial charge >= 0.3 is 7.12 Å². The van der Waals surface area contributed by atoms with Gasteiger partial charge in [0.25, 0.3) is 0 Å². The van der Waals surface area contributed by atoms with E-state index in [2.05, 4.69) is 39.2 Å². The zero-order valence-corrected chi connectivity index (χ0v) is 16.9. The van der Waals surface area contributed by atoms with E-state index in [4.69, 9.17) is 18.8 Å². The molecule has 0 amide bonds. The van der Waals surface area contributed by atoms with Gasteiger partial charge in [-0.3, -0.25) is 0 Å². The van der Waals surface area contributed by atoms with Gasteiger partial charge < -0.3 is 18.8 Å². The highest BCUT2D eigenvalue weighted by atomic mass is 28.1. The van der Waals surface area contributed by atoms with Crippen molar-refractivity contribution in [1.82, 2.24) is 0 Å². The Labute approximate surface area is 142 Å². The second-order valence-electron chi connectivity index (χ2n) is 6.60. The average molecular weight is 332 g/mol. The fourth-order valence-corrected chi connectivity index (χ4v) is 2.50. The Morgan fingerprint density at radius 2 is 1.83 bits per heavy atom. The fourth-order valence-electron chi connectivity index (χ4n) is 2.32. The number of methoxy groups -OCH3 is 1. The number of benzene rings is 1. The second kappa shape index (κ2) is 7.10. The highest BCUT2D eigenvalue weighted by molar-refractivity contribution is 6.62. The van der Waals surface area contributed by atoms with Crippen molar-refractivity contribution in [2.24, 2.45) is 0 Å². The van der Waals surface area contributed by atoms with Crippen molar-refractivity contribution in [1.29, 1.82) is 0 Å². The summed E-state index contributed by atoms with van der Waals surface area (Å²) in [5.74, 6) is 3.90. The molecule has 1 fully saturated rings. The molecule has 0 bridgehead atoms. The fraction of sp³-hybridized carbons (Fsp3) is 0.529. The molecule has 1 heterocycles. The summed E-state index contributed by atoms with van der Waals surface area (Å²) in [6.07, 6.45) is 0.688. The molecule has 0 N–H and O–H groups in total. The molecular formula is C17H25BO4Si. The first kappa shape index (κ1) is 18.1. The summed E-state index contributed by atoms with van der Waals surface area (Å²) in [6, 6.07) is 5.92. The summed E-state index contributed by atoms with van der Waals surface area (Å²) < 4.78 is 22.9. The maximum atomic E-state index is 6.18. The second-order valence-corrected chi connectivity index (χ2v) is 7.10.